The van der Waals surface area contributed by atoms with E-state index in [9.17, 15) is 9.90 Å². The molecule has 5 heteroatoms. The van der Waals surface area contributed by atoms with Gasteiger partial charge < -0.3 is 19.9 Å². The lowest BCUT2D eigenvalue weighted by Gasteiger charge is -2.61. The first kappa shape index (κ1) is 21.3. The van der Waals surface area contributed by atoms with Crippen LogP contribution in [0.2, 0.25) is 0 Å². The minimum atomic E-state index is -0.909. The fourth-order valence-electron chi connectivity index (χ4n) is 6.87. The van der Waals surface area contributed by atoms with Crippen molar-refractivity contribution in [3.8, 4) is 0 Å². The Balaban J connectivity index is 1.42. The van der Waals surface area contributed by atoms with Gasteiger partial charge in [-0.25, -0.2) is 0 Å². The van der Waals surface area contributed by atoms with Crippen molar-refractivity contribution in [3.63, 3.8) is 0 Å². The van der Waals surface area contributed by atoms with Gasteiger partial charge in [0.15, 0.2) is 0 Å². The molecule has 4 aliphatic rings. The van der Waals surface area contributed by atoms with E-state index >= 15 is 0 Å². The highest BCUT2D eigenvalue weighted by Gasteiger charge is 2.67. The van der Waals surface area contributed by atoms with Crippen LogP contribution in [0.1, 0.15) is 78.1 Å². The molecular formula is C24H40NO4+. The highest BCUT2D eigenvalue weighted by Crippen LogP contribution is 2.61. The van der Waals surface area contributed by atoms with E-state index in [4.69, 9.17) is 9.47 Å². The second-order valence-electron chi connectivity index (χ2n) is 10.5. The lowest BCUT2D eigenvalue weighted by atomic mass is 9.49. The molecule has 1 aliphatic heterocycles. The summed E-state index contributed by atoms with van der Waals surface area (Å²) in [6, 6.07) is 0. The van der Waals surface area contributed by atoms with E-state index in [1.165, 1.54) is 25.7 Å². The van der Waals surface area contributed by atoms with E-state index in [1.807, 2.05) is 0 Å². The van der Waals surface area contributed by atoms with Crippen LogP contribution < -0.4 is 5.32 Å². The van der Waals surface area contributed by atoms with Crippen molar-refractivity contribution in [1.29, 1.82) is 0 Å². The topological polar surface area (TPSA) is 72.4 Å². The van der Waals surface area contributed by atoms with Crippen molar-refractivity contribution in [2.24, 2.45) is 17.3 Å². The standard InChI is InChI=1S/C24H39NO4/c1-22-11-7-12-23(2,28-3)24(22,27)14-18-19(21(26)29-20(18)15-22)16-25-13-10-17-8-5-4-6-9-17/h8,18-20,25,27H,4-7,9-16H2,1-3H3/p+1/t18?,19?,20?,22-,23-,24+/m1/s1. The van der Waals surface area contributed by atoms with Crippen LogP contribution in [0.5, 0.6) is 0 Å². The number of hydrogen-bond acceptors (Lipinski definition) is 4. The zero-order valence-corrected chi connectivity index (χ0v) is 18.5. The molecule has 6 atom stereocenters. The van der Waals surface area contributed by atoms with Gasteiger partial charge in [0.05, 0.1) is 24.3 Å². The Bertz CT molecular complexity index is 663. The number of hydrogen-bond donors (Lipinski definition) is 2. The maximum Gasteiger partial charge on any atom is 0.315 e. The predicted octanol–water partition coefficient (Wildman–Crippen LogP) is 2.72. The normalized spacial score (nSPS) is 44.6. The first-order valence-electron chi connectivity index (χ1n) is 11.8. The molecule has 0 radical (unpaired) electrons. The fraction of sp³-hybridized carbons (Fsp3) is 0.875. The minimum absolute atomic E-state index is 0.0496. The number of carbonyl (C=O) groups excluding carboxylic acids is 1. The number of aliphatic hydroxyl groups is 1. The van der Waals surface area contributed by atoms with Crippen LogP contribution in [-0.2, 0) is 14.3 Å². The highest BCUT2D eigenvalue weighted by molar-refractivity contribution is 5.75. The van der Waals surface area contributed by atoms with Crippen LogP contribution in [0.3, 0.4) is 0 Å². The molecule has 0 spiro atoms. The molecule has 0 aromatic carbocycles. The van der Waals surface area contributed by atoms with Crippen molar-refractivity contribution in [3.05, 3.63) is 11.6 Å². The zero-order valence-electron chi connectivity index (χ0n) is 18.5. The smallest absolute Gasteiger partial charge is 0.315 e. The Morgan fingerprint density at radius 2 is 2.07 bits per heavy atom. The molecule has 4 rings (SSSR count). The molecule has 0 amide bonds. The summed E-state index contributed by atoms with van der Waals surface area (Å²) in [5.41, 5.74) is -0.144. The van der Waals surface area contributed by atoms with Gasteiger partial charge in [-0.15, -0.1) is 0 Å². The summed E-state index contributed by atoms with van der Waals surface area (Å²) < 4.78 is 11.8. The molecule has 5 nitrogen and oxygen atoms in total. The summed E-state index contributed by atoms with van der Waals surface area (Å²) in [5.74, 6) is -0.0756. The number of quaternary nitrogens is 1. The summed E-state index contributed by atoms with van der Waals surface area (Å²) in [6.45, 7) is 6.03. The van der Waals surface area contributed by atoms with Gasteiger partial charge in [0.1, 0.15) is 12.0 Å². The Morgan fingerprint density at radius 3 is 2.79 bits per heavy atom. The van der Waals surface area contributed by atoms with E-state index in [0.29, 0.717) is 6.42 Å². The van der Waals surface area contributed by atoms with Gasteiger partial charge in [-0.3, -0.25) is 4.79 Å². The van der Waals surface area contributed by atoms with Gasteiger partial charge in [-0.2, -0.15) is 0 Å². The molecule has 0 aromatic rings. The Kier molecular flexibility index (Phi) is 5.86. The number of nitrogens with two attached hydrogens (primary N) is 1. The molecule has 0 aromatic heterocycles. The van der Waals surface area contributed by atoms with E-state index < -0.39 is 11.2 Å². The summed E-state index contributed by atoms with van der Waals surface area (Å²) in [6.07, 6.45) is 12.8. The molecule has 3 aliphatic carbocycles. The summed E-state index contributed by atoms with van der Waals surface area (Å²) in [4.78, 5) is 12.7. The number of allylic oxidation sites excluding steroid dienone is 1. The number of carbonyl (C=O) groups is 1. The van der Waals surface area contributed by atoms with Gasteiger partial charge in [-0.05, 0) is 64.7 Å². The maximum absolute atomic E-state index is 12.7. The van der Waals surface area contributed by atoms with E-state index in [2.05, 4.69) is 25.2 Å². The maximum atomic E-state index is 12.7. The molecular weight excluding hydrogens is 366 g/mol. The van der Waals surface area contributed by atoms with Crippen molar-refractivity contribution >= 4 is 5.97 Å². The van der Waals surface area contributed by atoms with Crippen LogP contribution in [0.15, 0.2) is 11.6 Å². The fourth-order valence-corrected chi connectivity index (χ4v) is 6.87. The quantitative estimate of drug-likeness (QED) is 0.404. The lowest BCUT2D eigenvalue weighted by Crippen LogP contribution is -2.86. The second-order valence-corrected chi connectivity index (χ2v) is 10.5. The van der Waals surface area contributed by atoms with Gasteiger partial charge in [-0.1, -0.05) is 18.6 Å². The van der Waals surface area contributed by atoms with Crippen molar-refractivity contribution in [2.75, 3.05) is 20.2 Å². The zero-order chi connectivity index (χ0) is 20.7. The number of methoxy groups -OCH3 is 1. The number of esters is 1. The molecule has 2 saturated carbocycles. The van der Waals surface area contributed by atoms with E-state index in [1.54, 1.807) is 12.7 Å². The third-order valence-electron chi connectivity index (χ3n) is 8.93. The molecule has 3 N–H and O–H groups in total. The average Bonchev–Trinajstić information content (AvgIpc) is 2.99. The van der Waals surface area contributed by atoms with Gasteiger partial charge in [0.2, 0.25) is 0 Å². The molecule has 1 heterocycles. The van der Waals surface area contributed by atoms with E-state index in [0.717, 1.165) is 45.2 Å². The van der Waals surface area contributed by atoms with Gasteiger partial charge in [0, 0.05) is 24.9 Å². The Hall–Kier alpha value is -0.910. The SMILES string of the molecule is CO[C@]1(C)CCC[C@]2(C)CC3OC(=O)C(C[NH2+]CCC4=CCCCC4)C3C[C@]21O. The highest BCUT2D eigenvalue weighted by atomic mass is 16.6. The monoisotopic (exact) mass is 406 g/mol. The number of fused-ring (bicyclic) bond motifs is 2. The largest absolute Gasteiger partial charge is 0.462 e. The third-order valence-corrected chi connectivity index (χ3v) is 8.93. The van der Waals surface area contributed by atoms with Crippen molar-refractivity contribution in [2.45, 2.75) is 95.4 Å². The molecule has 164 valence electrons. The van der Waals surface area contributed by atoms with Gasteiger partial charge in [0.25, 0.3) is 0 Å². The van der Waals surface area contributed by atoms with Crippen LogP contribution in [0.4, 0.5) is 0 Å². The lowest BCUT2D eigenvalue weighted by molar-refractivity contribution is -0.658. The van der Waals surface area contributed by atoms with Crippen LogP contribution >= 0.6 is 0 Å². The van der Waals surface area contributed by atoms with E-state index in [-0.39, 0.29) is 29.3 Å². The first-order chi connectivity index (χ1) is 13.8. The molecule has 0 bridgehead atoms. The Morgan fingerprint density at radius 1 is 1.24 bits per heavy atom. The van der Waals surface area contributed by atoms with Crippen LogP contribution in [0, 0.1) is 17.3 Å². The van der Waals surface area contributed by atoms with Crippen molar-refractivity contribution in [1.82, 2.24) is 0 Å². The molecule has 29 heavy (non-hydrogen) atoms. The molecule has 3 fully saturated rings. The second kappa shape index (κ2) is 7.97. The predicted molar refractivity (Wildman–Crippen MR) is 111 cm³/mol. The Labute approximate surface area is 175 Å². The average molecular weight is 407 g/mol. The summed E-state index contributed by atoms with van der Waals surface area (Å²) >= 11 is 0. The van der Waals surface area contributed by atoms with Gasteiger partial charge >= 0.3 is 5.97 Å². The van der Waals surface area contributed by atoms with Crippen LogP contribution in [0.25, 0.3) is 0 Å². The molecule has 1 saturated heterocycles. The number of ether oxygens (including phenoxy) is 2. The minimum Gasteiger partial charge on any atom is -0.462 e. The first-order valence-corrected chi connectivity index (χ1v) is 11.8. The summed E-state index contributed by atoms with van der Waals surface area (Å²) in [5, 5.41) is 14.2. The number of rotatable bonds is 6. The van der Waals surface area contributed by atoms with Crippen molar-refractivity contribution < 1.29 is 24.7 Å². The molecule has 3 unspecified atom stereocenters. The van der Waals surface area contributed by atoms with Crippen LogP contribution in [-0.4, -0.2) is 48.6 Å². The summed E-state index contributed by atoms with van der Waals surface area (Å²) in [7, 11) is 1.72. The third kappa shape index (κ3) is 3.57.